The summed E-state index contributed by atoms with van der Waals surface area (Å²) in [5.74, 6) is -0.594. The monoisotopic (exact) mass is 389 g/mol. The number of hydrogen-bond acceptors (Lipinski definition) is 5. The van der Waals surface area contributed by atoms with E-state index in [1.807, 2.05) is 30.3 Å². The van der Waals surface area contributed by atoms with Crippen molar-refractivity contribution in [3.8, 4) is 0 Å². The van der Waals surface area contributed by atoms with E-state index in [9.17, 15) is 13.2 Å². The number of hydrogen-bond donors (Lipinski definition) is 2. The molecule has 0 bridgehead atoms. The predicted molar refractivity (Wildman–Crippen MR) is 102 cm³/mol. The maximum atomic E-state index is 12.7. The third-order valence-corrected chi connectivity index (χ3v) is 6.03. The Labute approximate surface area is 159 Å². The summed E-state index contributed by atoms with van der Waals surface area (Å²) in [5, 5.41) is 0. The van der Waals surface area contributed by atoms with Gasteiger partial charge in [0.25, 0.3) is 0 Å². The van der Waals surface area contributed by atoms with Gasteiger partial charge >= 0.3 is 0 Å². The van der Waals surface area contributed by atoms with E-state index in [2.05, 4.69) is 9.62 Å². The fraction of sp³-hybridized carbons (Fsp3) is 0.316. The fourth-order valence-corrected chi connectivity index (χ4v) is 4.13. The molecule has 0 aromatic heterocycles. The van der Waals surface area contributed by atoms with Crippen molar-refractivity contribution >= 4 is 15.9 Å². The van der Waals surface area contributed by atoms with Crippen molar-refractivity contribution in [2.75, 3.05) is 32.8 Å². The van der Waals surface area contributed by atoms with Crippen LogP contribution in [0.25, 0.3) is 0 Å². The van der Waals surface area contributed by atoms with Gasteiger partial charge in [-0.1, -0.05) is 30.3 Å². The van der Waals surface area contributed by atoms with Crippen LogP contribution in [-0.2, 0) is 14.8 Å². The molecule has 2 aromatic carbocycles. The van der Waals surface area contributed by atoms with E-state index in [0.29, 0.717) is 13.2 Å². The summed E-state index contributed by atoms with van der Waals surface area (Å²) < 4.78 is 33.4. The second-order valence-corrected chi connectivity index (χ2v) is 8.08. The standard InChI is InChI=1S/C19H23N3O4S/c20-19(23)16-6-8-17(9-7-16)27(24,25)21-14-18(15-4-2-1-3-5-15)22-10-12-26-13-11-22/h1-9,18,21H,10-14H2,(H2,20,23). The molecule has 1 saturated heterocycles. The van der Waals surface area contributed by atoms with Crippen LogP contribution in [0.3, 0.4) is 0 Å². The lowest BCUT2D eigenvalue weighted by atomic mass is 10.1. The quantitative estimate of drug-likeness (QED) is 0.739. The number of benzene rings is 2. The second kappa shape index (κ2) is 8.62. The van der Waals surface area contributed by atoms with E-state index in [4.69, 9.17) is 10.5 Å². The molecule has 1 heterocycles. The molecule has 144 valence electrons. The normalized spacial score (nSPS) is 16.7. The van der Waals surface area contributed by atoms with Crippen molar-refractivity contribution < 1.29 is 17.9 Å². The largest absolute Gasteiger partial charge is 0.379 e. The van der Waals surface area contributed by atoms with E-state index in [1.54, 1.807) is 0 Å². The number of ether oxygens (including phenoxy) is 1. The number of carbonyl (C=O) groups is 1. The Hall–Kier alpha value is -2.26. The van der Waals surface area contributed by atoms with Gasteiger partial charge in [0.15, 0.2) is 0 Å². The van der Waals surface area contributed by atoms with Gasteiger partial charge in [0.1, 0.15) is 0 Å². The van der Waals surface area contributed by atoms with Crippen molar-refractivity contribution in [3.63, 3.8) is 0 Å². The molecule has 1 unspecified atom stereocenters. The molecule has 1 aliphatic rings. The van der Waals surface area contributed by atoms with Crippen molar-refractivity contribution in [1.82, 2.24) is 9.62 Å². The highest BCUT2D eigenvalue weighted by atomic mass is 32.2. The lowest BCUT2D eigenvalue weighted by Gasteiger charge is -2.34. The van der Waals surface area contributed by atoms with Crippen molar-refractivity contribution in [3.05, 3.63) is 65.7 Å². The first-order valence-electron chi connectivity index (χ1n) is 8.73. The zero-order chi connectivity index (χ0) is 19.3. The molecule has 8 heteroatoms. The Morgan fingerprint density at radius 1 is 1.07 bits per heavy atom. The Bertz CT molecular complexity index is 864. The molecule has 1 amide bonds. The summed E-state index contributed by atoms with van der Waals surface area (Å²) >= 11 is 0. The van der Waals surface area contributed by atoms with E-state index in [0.717, 1.165) is 18.7 Å². The lowest BCUT2D eigenvalue weighted by Crippen LogP contribution is -2.43. The van der Waals surface area contributed by atoms with Gasteiger partial charge in [-0.3, -0.25) is 9.69 Å². The third kappa shape index (κ3) is 4.92. The Morgan fingerprint density at radius 3 is 2.30 bits per heavy atom. The van der Waals surface area contributed by atoms with Gasteiger partial charge < -0.3 is 10.5 Å². The van der Waals surface area contributed by atoms with Crippen LogP contribution in [0.1, 0.15) is 22.0 Å². The van der Waals surface area contributed by atoms with Crippen LogP contribution in [-0.4, -0.2) is 52.1 Å². The van der Waals surface area contributed by atoms with E-state index in [-0.39, 0.29) is 23.0 Å². The van der Waals surface area contributed by atoms with Gasteiger partial charge in [-0.2, -0.15) is 0 Å². The average molecular weight is 389 g/mol. The summed E-state index contributed by atoms with van der Waals surface area (Å²) in [7, 11) is -3.70. The van der Waals surface area contributed by atoms with Crippen LogP contribution in [0, 0.1) is 0 Å². The number of nitrogens with two attached hydrogens (primary N) is 1. The van der Waals surface area contributed by atoms with Gasteiger partial charge in [0.2, 0.25) is 15.9 Å². The predicted octanol–water partition coefficient (Wildman–Crippen LogP) is 1.14. The minimum absolute atomic E-state index is 0.0882. The van der Waals surface area contributed by atoms with Crippen molar-refractivity contribution in [2.24, 2.45) is 5.73 Å². The van der Waals surface area contributed by atoms with Crippen LogP contribution < -0.4 is 10.5 Å². The maximum Gasteiger partial charge on any atom is 0.248 e. The average Bonchev–Trinajstić information content (AvgIpc) is 2.70. The Balaban J connectivity index is 1.76. The number of nitrogens with zero attached hydrogens (tertiary/aromatic N) is 1. The highest BCUT2D eigenvalue weighted by molar-refractivity contribution is 7.89. The van der Waals surface area contributed by atoms with Gasteiger partial charge in [-0.15, -0.1) is 0 Å². The molecule has 27 heavy (non-hydrogen) atoms. The van der Waals surface area contributed by atoms with Gasteiger partial charge in [0, 0.05) is 31.2 Å². The molecule has 1 atom stereocenters. The number of carbonyl (C=O) groups excluding carboxylic acids is 1. The molecule has 3 rings (SSSR count). The summed E-state index contributed by atoms with van der Waals surface area (Å²) in [6, 6.07) is 15.3. The van der Waals surface area contributed by atoms with Crippen molar-refractivity contribution in [1.29, 1.82) is 0 Å². The van der Waals surface area contributed by atoms with Crippen molar-refractivity contribution in [2.45, 2.75) is 10.9 Å². The van der Waals surface area contributed by atoms with Crippen LogP contribution in [0.15, 0.2) is 59.5 Å². The topological polar surface area (TPSA) is 102 Å². The molecular weight excluding hydrogens is 366 g/mol. The first-order valence-corrected chi connectivity index (χ1v) is 10.2. The molecule has 2 aromatic rings. The fourth-order valence-electron chi connectivity index (χ4n) is 3.09. The smallest absolute Gasteiger partial charge is 0.248 e. The Kier molecular flexibility index (Phi) is 6.22. The van der Waals surface area contributed by atoms with Crippen LogP contribution in [0.5, 0.6) is 0 Å². The number of primary amides is 1. The minimum Gasteiger partial charge on any atom is -0.379 e. The van der Waals surface area contributed by atoms with Crippen LogP contribution >= 0.6 is 0 Å². The molecule has 1 aliphatic heterocycles. The number of nitrogens with one attached hydrogen (secondary N) is 1. The third-order valence-electron chi connectivity index (χ3n) is 4.59. The van der Waals surface area contributed by atoms with Gasteiger partial charge in [-0.25, -0.2) is 13.1 Å². The molecule has 1 fully saturated rings. The van der Waals surface area contributed by atoms with Crippen LogP contribution in [0.4, 0.5) is 0 Å². The van der Waals surface area contributed by atoms with E-state index in [1.165, 1.54) is 24.3 Å². The van der Waals surface area contributed by atoms with Gasteiger partial charge in [-0.05, 0) is 29.8 Å². The summed E-state index contributed by atoms with van der Waals surface area (Å²) in [6.07, 6.45) is 0. The molecule has 0 saturated carbocycles. The zero-order valence-electron chi connectivity index (χ0n) is 14.9. The van der Waals surface area contributed by atoms with Gasteiger partial charge in [0.05, 0.1) is 18.1 Å². The second-order valence-electron chi connectivity index (χ2n) is 6.32. The first kappa shape index (κ1) is 19.5. The lowest BCUT2D eigenvalue weighted by molar-refractivity contribution is 0.0172. The van der Waals surface area contributed by atoms with E-state index >= 15 is 0 Å². The molecule has 0 radical (unpaired) electrons. The number of amides is 1. The molecular formula is C19H23N3O4S. The summed E-state index contributed by atoms with van der Waals surface area (Å²) in [4.78, 5) is 13.5. The molecule has 0 spiro atoms. The molecule has 0 aliphatic carbocycles. The van der Waals surface area contributed by atoms with E-state index < -0.39 is 15.9 Å². The Morgan fingerprint density at radius 2 is 1.70 bits per heavy atom. The highest BCUT2D eigenvalue weighted by Crippen LogP contribution is 2.22. The number of morpholine rings is 1. The summed E-state index contributed by atoms with van der Waals surface area (Å²) in [5.41, 5.74) is 6.51. The maximum absolute atomic E-state index is 12.7. The molecule has 7 nitrogen and oxygen atoms in total. The number of sulfonamides is 1. The zero-order valence-corrected chi connectivity index (χ0v) is 15.7. The SMILES string of the molecule is NC(=O)c1ccc(S(=O)(=O)NCC(c2ccccc2)N2CCOCC2)cc1. The highest BCUT2D eigenvalue weighted by Gasteiger charge is 2.25. The van der Waals surface area contributed by atoms with Crippen LogP contribution in [0.2, 0.25) is 0 Å². The number of rotatable bonds is 7. The molecule has 3 N–H and O–H groups in total. The first-order chi connectivity index (χ1) is 13.0. The summed E-state index contributed by atoms with van der Waals surface area (Å²) in [6.45, 7) is 2.99. The minimum atomic E-state index is -3.70.